The molecule has 0 saturated heterocycles. The van der Waals surface area contributed by atoms with Gasteiger partial charge in [-0.15, -0.1) is 22.7 Å². The Labute approximate surface area is 293 Å². The van der Waals surface area contributed by atoms with Gasteiger partial charge in [-0.05, 0) is 77.2 Å². The molecule has 0 fully saturated rings. The highest BCUT2D eigenvalue weighted by Gasteiger charge is 2.15. The minimum atomic E-state index is -0.380. The predicted octanol–water partition coefficient (Wildman–Crippen LogP) is 10.0. The molecule has 0 N–H and O–H groups in total. The molecule has 7 nitrogen and oxygen atoms in total. The molecule has 6 rings (SSSR count). The second-order valence-electron chi connectivity index (χ2n) is 11.0. The summed E-state index contributed by atoms with van der Waals surface area (Å²) >= 11 is 12.7. The number of nitro groups is 1. The summed E-state index contributed by atoms with van der Waals surface area (Å²) in [6, 6.07) is 31.4. The third kappa shape index (κ3) is 7.89. The van der Waals surface area contributed by atoms with E-state index in [0.717, 1.165) is 51.8 Å². The number of hydrogen-bond acceptors (Lipinski definition) is 10. The average Bonchev–Trinajstić information content (AvgIpc) is 3.68. The number of nitrogens with zero attached hydrogens (tertiary/aromatic N) is 5. The van der Waals surface area contributed by atoms with E-state index in [9.17, 15) is 10.1 Å². The van der Waals surface area contributed by atoms with Crippen LogP contribution in [0, 0.1) is 10.1 Å². The van der Waals surface area contributed by atoms with Crippen LogP contribution < -0.4 is 17.8 Å². The summed E-state index contributed by atoms with van der Waals surface area (Å²) in [7, 11) is 8.10. The van der Waals surface area contributed by atoms with E-state index in [-0.39, 0.29) is 10.6 Å². The largest absolute Gasteiger partial charge is 0.368 e. The number of anilines is 2. The second-order valence-corrected chi connectivity index (χ2v) is 15.9. The van der Waals surface area contributed by atoms with Gasteiger partial charge in [0.2, 0.25) is 0 Å². The molecule has 0 amide bonds. The number of nitro benzene ring substituents is 1. The van der Waals surface area contributed by atoms with Gasteiger partial charge in [0.05, 0.1) is 26.1 Å². The Bertz CT molecular complexity index is 2140. The molecular formula is C35H30ClN5O2S4. The van der Waals surface area contributed by atoms with Gasteiger partial charge in [0.15, 0.2) is 7.97 Å². The van der Waals surface area contributed by atoms with Crippen molar-refractivity contribution in [1.29, 1.82) is 0 Å². The van der Waals surface area contributed by atoms with Gasteiger partial charge < -0.3 is 9.80 Å². The third-order valence-electron chi connectivity index (χ3n) is 7.12. The summed E-state index contributed by atoms with van der Waals surface area (Å²) in [5.41, 5.74) is 6.38. The normalized spacial score (nSPS) is 12.0. The van der Waals surface area contributed by atoms with Gasteiger partial charge in [0, 0.05) is 45.3 Å². The Kier molecular flexibility index (Phi) is 10.00. The van der Waals surface area contributed by atoms with Crippen LogP contribution in [0.2, 0.25) is 5.02 Å². The zero-order valence-corrected chi connectivity index (χ0v) is 30.0. The lowest BCUT2D eigenvalue weighted by molar-refractivity contribution is -0.384. The molecule has 0 saturated carbocycles. The van der Waals surface area contributed by atoms with Crippen LogP contribution in [0.3, 0.4) is 0 Å². The molecule has 0 radical (unpaired) electrons. The van der Waals surface area contributed by atoms with Gasteiger partial charge >= 0.3 is 0 Å². The van der Waals surface area contributed by atoms with Crippen LogP contribution in [0.25, 0.3) is 20.9 Å². The first-order valence-electron chi connectivity index (χ1n) is 14.5. The van der Waals surface area contributed by atoms with Crippen molar-refractivity contribution in [2.45, 2.75) is 6.42 Å². The molecule has 238 valence electrons. The maximum absolute atomic E-state index is 11.1. The summed E-state index contributed by atoms with van der Waals surface area (Å²) in [5.74, 6) is 0. The Balaban J connectivity index is 1.17. The summed E-state index contributed by atoms with van der Waals surface area (Å²) in [5, 5.41) is 14.0. The molecule has 12 heteroatoms. The first kappa shape index (κ1) is 32.8. The molecule has 0 aliphatic rings. The van der Waals surface area contributed by atoms with E-state index in [2.05, 4.69) is 72.4 Å². The van der Waals surface area contributed by atoms with E-state index in [1.807, 2.05) is 38.4 Å². The van der Waals surface area contributed by atoms with E-state index in [1.165, 1.54) is 21.0 Å². The third-order valence-corrected chi connectivity index (χ3v) is 12.5. The van der Waals surface area contributed by atoms with Crippen molar-refractivity contribution < 1.29 is 4.92 Å². The number of benzene rings is 4. The van der Waals surface area contributed by atoms with Crippen LogP contribution in [0.4, 0.5) is 27.1 Å². The van der Waals surface area contributed by atoms with Crippen LogP contribution in [-0.2, 0) is 6.42 Å². The minimum Gasteiger partial charge on any atom is -0.368 e. The first-order valence-corrected chi connectivity index (χ1v) is 18.2. The predicted molar refractivity (Wildman–Crippen MR) is 202 cm³/mol. The van der Waals surface area contributed by atoms with Crippen LogP contribution in [-0.4, -0.2) is 33.1 Å². The standard InChI is InChI=1S/C35H30ClN5O2S4/c1-39(2)32-30(24-9-13-26(36)14-10-24)44-34(46-32)37-27-15-5-22(6-16-27)21-23-7-17-28(18-8-23)38-35-45-31(33(47-35)40(3)4)25-11-19-29(20-12-25)41(42)43/h5-20H,21H2,1-4H3. The van der Waals surface area contributed by atoms with Crippen molar-refractivity contribution in [2.24, 2.45) is 9.98 Å². The van der Waals surface area contributed by atoms with E-state index in [4.69, 9.17) is 21.6 Å². The van der Waals surface area contributed by atoms with Crippen LogP contribution in [0.1, 0.15) is 11.1 Å². The lowest BCUT2D eigenvalue weighted by atomic mass is 10.0. The fourth-order valence-corrected chi connectivity index (χ4v) is 9.82. The van der Waals surface area contributed by atoms with Crippen molar-refractivity contribution >= 4 is 84.0 Å². The quantitative estimate of drug-likeness (QED) is 0.110. The van der Waals surface area contributed by atoms with Crippen molar-refractivity contribution in [3.05, 3.63) is 131 Å². The van der Waals surface area contributed by atoms with Gasteiger partial charge in [0.1, 0.15) is 10.0 Å². The molecule has 0 spiro atoms. The maximum Gasteiger partial charge on any atom is 0.269 e. The van der Waals surface area contributed by atoms with Gasteiger partial charge in [0.25, 0.3) is 5.69 Å². The topological polar surface area (TPSA) is 74.3 Å². The van der Waals surface area contributed by atoms with Crippen molar-refractivity contribution in [1.82, 2.24) is 0 Å². The van der Waals surface area contributed by atoms with Crippen molar-refractivity contribution in [2.75, 3.05) is 38.0 Å². The van der Waals surface area contributed by atoms with Gasteiger partial charge in [-0.3, -0.25) is 10.1 Å². The second kappa shape index (κ2) is 14.3. The average molecular weight is 716 g/mol. The maximum atomic E-state index is 11.1. The molecule has 6 aromatic rings. The number of halogens is 1. The zero-order valence-electron chi connectivity index (χ0n) is 26.0. The smallest absolute Gasteiger partial charge is 0.269 e. The molecule has 0 aliphatic heterocycles. The molecule has 2 aromatic heterocycles. The molecular weight excluding hydrogens is 686 g/mol. The first-order chi connectivity index (χ1) is 22.6. The molecule has 0 aliphatic carbocycles. The summed E-state index contributed by atoms with van der Waals surface area (Å²) in [6.07, 6.45) is 0.810. The van der Waals surface area contributed by atoms with Crippen LogP contribution in [0.5, 0.6) is 0 Å². The minimum absolute atomic E-state index is 0.0816. The van der Waals surface area contributed by atoms with E-state index in [0.29, 0.717) is 0 Å². The highest BCUT2D eigenvalue weighted by Crippen LogP contribution is 2.38. The SMILES string of the molecule is CN(C)c1sc(=Nc2ccc(Cc3ccc(N=c4sc(-c5ccc([N+](=O)[O-])cc5)c(N(C)C)s4)cc3)cc2)sc1-c1ccc(Cl)cc1. The highest BCUT2D eigenvalue weighted by atomic mass is 35.5. The van der Waals surface area contributed by atoms with Crippen molar-refractivity contribution in [3.8, 4) is 20.9 Å². The number of hydrogen-bond donors (Lipinski definition) is 0. The number of rotatable bonds is 9. The van der Waals surface area contributed by atoms with Crippen LogP contribution in [0.15, 0.2) is 107 Å². The fraction of sp³-hybridized carbons (Fsp3) is 0.143. The van der Waals surface area contributed by atoms with Gasteiger partial charge in [-0.25, -0.2) is 9.98 Å². The fourth-order valence-electron chi connectivity index (χ4n) is 4.77. The van der Waals surface area contributed by atoms with Crippen LogP contribution >= 0.6 is 56.9 Å². The number of non-ortho nitro benzene ring substituents is 1. The van der Waals surface area contributed by atoms with Crippen molar-refractivity contribution in [3.63, 3.8) is 0 Å². The Hall–Kier alpha value is -4.13. The monoisotopic (exact) mass is 715 g/mol. The summed E-state index contributed by atoms with van der Waals surface area (Å²) in [6.45, 7) is 0. The Morgan fingerprint density at radius 2 is 1.02 bits per heavy atom. The molecule has 0 bridgehead atoms. The van der Waals surface area contributed by atoms with E-state index < -0.39 is 0 Å². The molecule has 4 aromatic carbocycles. The molecule has 2 heterocycles. The summed E-state index contributed by atoms with van der Waals surface area (Å²) in [4.78, 5) is 27.0. The Morgan fingerprint density at radius 1 is 0.617 bits per heavy atom. The van der Waals surface area contributed by atoms with E-state index in [1.54, 1.807) is 69.6 Å². The molecule has 0 unspecified atom stereocenters. The van der Waals surface area contributed by atoms with Gasteiger partial charge in [-0.1, -0.05) is 70.7 Å². The lowest BCUT2D eigenvalue weighted by Crippen LogP contribution is -2.07. The van der Waals surface area contributed by atoms with E-state index >= 15 is 0 Å². The Morgan fingerprint density at radius 3 is 1.40 bits per heavy atom. The zero-order chi connectivity index (χ0) is 33.1. The molecule has 0 atom stereocenters. The highest BCUT2D eigenvalue weighted by molar-refractivity contribution is 7.33. The lowest BCUT2D eigenvalue weighted by Gasteiger charge is -2.11. The summed E-state index contributed by atoms with van der Waals surface area (Å²) < 4.78 is 1.91. The van der Waals surface area contributed by atoms with Gasteiger partial charge in [-0.2, -0.15) is 0 Å². The molecule has 47 heavy (non-hydrogen) atoms.